The van der Waals surface area contributed by atoms with Crippen LogP contribution in [0.4, 0.5) is 0 Å². The van der Waals surface area contributed by atoms with Gasteiger partial charge in [-0.3, -0.25) is 14.4 Å². The Kier molecular flexibility index (Phi) is 9.36. The first kappa shape index (κ1) is 18.8. The van der Waals surface area contributed by atoms with Crippen molar-refractivity contribution in [3.8, 4) is 0 Å². The maximum atomic E-state index is 8.49. The monoisotopic (exact) mass is 271 g/mol. The van der Waals surface area contributed by atoms with Crippen LogP contribution in [0.15, 0.2) is 0 Å². The van der Waals surface area contributed by atoms with E-state index < -0.39 is 10.2 Å². The molecule has 0 saturated heterocycles. The molecule has 0 saturated carbocycles. The molecule has 0 spiro atoms. The summed E-state index contributed by atoms with van der Waals surface area (Å²) in [4.78, 5) is 4.48. The highest BCUT2D eigenvalue weighted by molar-refractivity contribution is 5.74. The second kappa shape index (κ2) is 8.48. The van der Waals surface area contributed by atoms with Crippen LogP contribution in [0.2, 0.25) is 0 Å². The van der Waals surface area contributed by atoms with E-state index in [1.165, 1.54) is 5.96 Å². The maximum absolute atomic E-state index is 8.49. The largest absolute Gasteiger partial charge is 0.349 e. The van der Waals surface area contributed by atoms with Gasteiger partial charge < -0.3 is 0 Å². The third kappa shape index (κ3) is 11.7. The van der Waals surface area contributed by atoms with Crippen molar-refractivity contribution in [1.82, 2.24) is 9.80 Å². The Labute approximate surface area is 105 Å². The second-order valence-corrected chi connectivity index (χ2v) is 4.40. The van der Waals surface area contributed by atoms with E-state index in [9.17, 15) is 0 Å². The molecule has 0 aromatic carbocycles. The summed E-state index contributed by atoms with van der Waals surface area (Å²) in [6.45, 7) is 6.47. The first-order valence-electron chi connectivity index (χ1n) is 5.12. The van der Waals surface area contributed by atoms with Crippen molar-refractivity contribution in [1.29, 1.82) is 0 Å². The lowest BCUT2D eigenvalue weighted by atomic mass is 10.5. The van der Waals surface area contributed by atoms with Gasteiger partial charge in [0, 0.05) is 0 Å². The first-order valence-corrected chi connectivity index (χ1v) is 6.36. The molecule has 17 heavy (non-hydrogen) atoms. The van der Waals surface area contributed by atoms with Crippen molar-refractivity contribution in [3.63, 3.8) is 0 Å². The van der Waals surface area contributed by atoms with E-state index in [4.69, 9.17) is 18.6 Å². The Balaban J connectivity index is 0. The average Bonchev–Trinajstić information content (AvgIpc) is 2.09. The van der Waals surface area contributed by atoms with Crippen molar-refractivity contribution >= 4 is 5.96 Å². The van der Waals surface area contributed by atoms with E-state index in [-0.39, 0.29) is 0 Å². The van der Waals surface area contributed by atoms with E-state index >= 15 is 0 Å². The van der Waals surface area contributed by atoms with Crippen molar-refractivity contribution in [2.75, 3.05) is 41.3 Å². The summed E-state index contributed by atoms with van der Waals surface area (Å²) in [5.74, 6) is 1.26. The topological polar surface area (TPSA) is 102 Å². The van der Waals surface area contributed by atoms with Gasteiger partial charge >= 0.3 is 5.96 Å². The molecule has 0 amide bonds. The van der Waals surface area contributed by atoms with Crippen molar-refractivity contribution in [3.05, 3.63) is 0 Å². The minimum Gasteiger partial charge on any atom is -0.270 e. The van der Waals surface area contributed by atoms with Crippen LogP contribution in [0.5, 0.6) is 0 Å². The molecular formula is C9H22ClN3O4. The zero-order valence-corrected chi connectivity index (χ0v) is 12.0. The molecule has 0 fully saturated rings. The molecule has 0 aliphatic carbocycles. The Hall–Kier alpha value is -0.600. The lowest BCUT2D eigenvalue weighted by Crippen LogP contribution is -2.68. The van der Waals surface area contributed by atoms with Crippen LogP contribution < -0.4 is 18.6 Å². The van der Waals surface area contributed by atoms with Gasteiger partial charge in [0.1, 0.15) is 0 Å². The van der Waals surface area contributed by atoms with E-state index in [1.54, 1.807) is 0 Å². The predicted molar refractivity (Wildman–Crippen MR) is 53.7 cm³/mol. The van der Waals surface area contributed by atoms with Gasteiger partial charge in [-0.1, -0.05) is 0 Å². The lowest BCUT2D eigenvalue weighted by molar-refractivity contribution is -2.00. The van der Waals surface area contributed by atoms with Crippen molar-refractivity contribution in [2.24, 2.45) is 0 Å². The SMILES string of the molecule is CCN(CC)C(N(C)C)=[N+](C)C.[O-][Cl+3]([O-])([O-])[O-]. The Bertz CT molecular complexity index is 227. The van der Waals surface area contributed by atoms with Gasteiger partial charge in [0.15, 0.2) is 0 Å². The molecule has 0 radical (unpaired) electrons. The summed E-state index contributed by atoms with van der Waals surface area (Å²) in [5.41, 5.74) is 0. The van der Waals surface area contributed by atoms with Gasteiger partial charge in [-0.05, 0) is 13.8 Å². The van der Waals surface area contributed by atoms with E-state index in [0.29, 0.717) is 0 Å². The number of nitrogens with zero attached hydrogens (tertiary/aromatic N) is 3. The molecule has 8 heteroatoms. The fourth-order valence-electron chi connectivity index (χ4n) is 1.47. The molecule has 0 aromatic heterocycles. The maximum Gasteiger partial charge on any atom is 0.349 e. The molecule has 0 N–H and O–H groups in total. The smallest absolute Gasteiger partial charge is 0.270 e. The van der Waals surface area contributed by atoms with Crippen molar-refractivity contribution in [2.45, 2.75) is 13.8 Å². The van der Waals surface area contributed by atoms with Crippen LogP contribution in [0.25, 0.3) is 0 Å². The van der Waals surface area contributed by atoms with E-state index in [1.807, 2.05) is 0 Å². The summed E-state index contributed by atoms with van der Waals surface area (Å²) in [7, 11) is 3.36. The number of halogens is 1. The fourth-order valence-corrected chi connectivity index (χ4v) is 1.47. The first-order chi connectivity index (χ1) is 7.54. The lowest BCUT2D eigenvalue weighted by Gasteiger charge is -2.22. The zero-order chi connectivity index (χ0) is 14.2. The molecular weight excluding hydrogens is 250 g/mol. The van der Waals surface area contributed by atoms with E-state index in [2.05, 4.69) is 56.4 Å². The highest BCUT2D eigenvalue weighted by atomic mass is 35.7. The molecule has 104 valence electrons. The normalized spacial score (nSPS) is 10.2. The number of guanidine groups is 1. The molecule has 0 unspecified atom stereocenters. The average molecular weight is 272 g/mol. The standard InChI is InChI=1S/C9H22N3.ClHO4/c1-7-12(8-2)9(10(3)4)11(5)6;2-1(3,4)5/h7-8H2,1-6H3;(H,2,3,4,5)/q+1;/p-1. The number of rotatable bonds is 2. The second-order valence-electron chi connectivity index (χ2n) is 3.64. The van der Waals surface area contributed by atoms with Crippen molar-refractivity contribution < 1.29 is 33.5 Å². The summed E-state index contributed by atoms with van der Waals surface area (Å²) in [6, 6.07) is 0. The Morgan fingerprint density at radius 2 is 1.29 bits per heavy atom. The highest BCUT2D eigenvalue weighted by Gasteiger charge is 2.18. The summed E-state index contributed by atoms with van der Waals surface area (Å²) < 4.78 is 36.1. The quantitative estimate of drug-likeness (QED) is 0.286. The third-order valence-corrected chi connectivity index (χ3v) is 1.85. The van der Waals surface area contributed by atoms with E-state index in [0.717, 1.165) is 13.1 Å². The molecule has 0 heterocycles. The van der Waals surface area contributed by atoms with Gasteiger partial charge in [-0.15, -0.1) is 10.2 Å². The van der Waals surface area contributed by atoms with Gasteiger partial charge in [0.05, 0.1) is 41.3 Å². The molecule has 0 rings (SSSR count). The highest BCUT2D eigenvalue weighted by Crippen LogP contribution is 1.93. The molecule has 7 nitrogen and oxygen atoms in total. The molecule has 0 aliphatic rings. The molecule has 0 aliphatic heterocycles. The zero-order valence-electron chi connectivity index (χ0n) is 11.3. The van der Waals surface area contributed by atoms with Gasteiger partial charge in [0.2, 0.25) is 0 Å². The Morgan fingerprint density at radius 1 is 1.00 bits per heavy atom. The predicted octanol–water partition coefficient (Wildman–Crippen LogP) is -4.24. The molecule has 0 aromatic rings. The van der Waals surface area contributed by atoms with Gasteiger partial charge in [-0.25, -0.2) is 18.6 Å². The minimum absolute atomic E-state index is 1.06. The van der Waals surface area contributed by atoms with Crippen LogP contribution in [-0.4, -0.2) is 61.6 Å². The summed E-state index contributed by atoms with van der Waals surface area (Å²) in [6.07, 6.45) is 0. The van der Waals surface area contributed by atoms with Crippen LogP contribution in [-0.2, 0) is 0 Å². The number of hydrogen-bond acceptors (Lipinski definition) is 4. The summed E-state index contributed by atoms with van der Waals surface area (Å²) in [5, 5.41) is 0. The third-order valence-electron chi connectivity index (χ3n) is 1.85. The Morgan fingerprint density at radius 3 is 1.35 bits per heavy atom. The summed E-state index contributed by atoms with van der Waals surface area (Å²) >= 11 is 0. The van der Waals surface area contributed by atoms with Gasteiger partial charge in [0.25, 0.3) is 0 Å². The van der Waals surface area contributed by atoms with Crippen LogP contribution >= 0.6 is 0 Å². The van der Waals surface area contributed by atoms with Crippen LogP contribution in [0, 0.1) is 10.2 Å². The van der Waals surface area contributed by atoms with Crippen LogP contribution in [0.1, 0.15) is 13.8 Å². The van der Waals surface area contributed by atoms with Crippen LogP contribution in [0.3, 0.4) is 0 Å². The molecule has 0 atom stereocenters. The van der Waals surface area contributed by atoms with Gasteiger partial charge in [-0.2, -0.15) is 0 Å². The fraction of sp³-hybridized carbons (Fsp3) is 0.889. The minimum atomic E-state index is -4.94. The molecule has 0 bridgehead atoms. The number of hydrogen-bond donors (Lipinski definition) is 0.